The van der Waals surface area contributed by atoms with E-state index < -0.39 is 11.6 Å². The molecule has 1 saturated carbocycles. The number of hydrogen-bond donors (Lipinski definition) is 0. The zero-order chi connectivity index (χ0) is 20.4. The van der Waals surface area contributed by atoms with Crippen LogP contribution in [0.1, 0.15) is 30.4 Å². The minimum atomic E-state index is -0.652. The summed E-state index contributed by atoms with van der Waals surface area (Å²) < 4.78 is 32.5. The molecule has 152 valence electrons. The highest BCUT2D eigenvalue weighted by Crippen LogP contribution is 2.32. The van der Waals surface area contributed by atoms with E-state index >= 15 is 0 Å². The molecule has 0 aromatic heterocycles. The number of methoxy groups -OCH3 is 1. The van der Waals surface area contributed by atoms with Crippen LogP contribution >= 0.6 is 0 Å². The molecule has 2 aromatic rings. The van der Waals surface area contributed by atoms with Crippen LogP contribution < -0.4 is 4.74 Å². The molecule has 2 aliphatic rings. The van der Waals surface area contributed by atoms with E-state index in [1.54, 1.807) is 12.0 Å². The number of hydrogen-bond acceptors (Lipinski definition) is 4. The van der Waals surface area contributed by atoms with Crippen LogP contribution in [0.4, 0.5) is 8.78 Å². The summed E-state index contributed by atoms with van der Waals surface area (Å²) in [6.07, 6.45) is 1.94. The summed E-state index contributed by atoms with van der Waals surface area (Å²) >= 11 is 0. The number of oxime groups is 1. The van der Waals surface area contributed by atoms with E-state index in [0.717, 1.165) is 35.9 Å². The fraction of sp³-hybridized carbons (Fsp3) is 0.364. The van der Waals surface area contributed by atoms with Crippen molar-refractivity contribution < 1.29 is 23.1 Å². The molecule has 1 fully saturated rings. The fourth-order valence-corrected chi connectivity index (χ4v) is 3.40. The second-order valence-corrected chi connectivity index (χ2v) is 7.43. The molecule has 1 atom stereocenters. The summed E-state index contributed by atoms with van der Waals surface area (Å²) in [4.78, 5) is 19.9. The molecule has 29 heavy (non-hydrogen) atoms. The number of amides is 1. The lowest BCUT2D eigenvalue weighted by Gasteiger charge is -2.25. The highest BCUT2D eigenvalue weighted by Gasteiger charge is 2.36. The molecule has 1 aliphatic heterocycles. The van der Waals surface area contributed by atoms with Gasteiger partial charge in [-0.3, -0.25) is 4.79 Å². The molecule has 1 amide bonds. The third kappa shape index (κ3) is 4.55. The zero-order valence-corrected chi connectivity index (χ0v) is 16.1. The number of nitrogens with zero attached hydrogens (tertiary/aromatic N) is 2. The van der Waals surface area contributed by atoms with Crippen LogP contribution in [0.5, 0.6) is 5.75 Å². The first-order valence-corrected chi connectivity index (χ1v) is 9.63. The molecular formula is C22H22F2N2O3. The van der Waals surface area contributed by atoms with E-state index in [1.807, 2.05) is 24.3 Å². The standard InChI is InChI=1S/C22H22F2N2O3/c1-28-18-8-5-14(6-9-18)21-11-19(29-25-21)13-26(22(27)15-2-3-15)12-16-4-7-17(23)10-20(16)24/h4-10,15,19H,2-3,11-13H2,1H3/t19-/m0/s1. The van der Waals surface area contributed by atoms with Crippen molar-refractivity contribution in [2.24, 2.45) is 11.1 Å². The summed E-state index contributed by atoms with van der Waals surface area (Å²) in [7, 11) is 1.61. The Kier molecular flexibility index (Phi) is 5.47. The largest absolute Gasteiger partial charge is 0.497 e. The predicted octanol–water partition coefficient (Wildman–Crippen LogP) is 3.91. The lowest BCUT2D eigenvalue weighted by atomic mass is 10.0. The van der Waals surface area contributed by atoms with Crippen molar-refractivity contribution >= 4 is 11.6 Å². The van der Waals surface area contributed by atoms with E-state index in [-0.39, 0.29) is 30.0 Å². The summed E-state index contributed by atoms with van der Waals surface area (Å²) in [6.45, 7) is 0.383. The van der Waals surface area contributed by atoms with Gasteiger partial charge in [-0.25, -0.2) is 8.78 Å². The van der Waals surface area contributed by atoms with Crippen molar-refractivity contribution in [3.63, 3.8) is 0 Å². The van der Waals surface area contributed by atoms with Gasteiger partial charge in [-0.15, -0.1) is 0 Å². The molecule has 4 rings (SSSR count). The normalized spacial score (nSPS) is 18.2. The molecule has 5 nitrogen and oxygen atoms in total. The summed E-state index contributed by atoms with van der Waals surface area (Å²) in [5.74, 6) is -0.562. The Morgan fingerprint density at radius 3 is 2.62 bits per heavy atom. The van der Waals surface area contributed by atoms with Gasteiger partial charge in [0.1, 0.15) is 17.4 Å². The minimum Gasteiger partial charge on any atom is -0.497 e. The number of ether oxygens (including phenoxy) is 1. The first-order chi connectivity index (χ1) is 14.0. The number of carbonyl (C=O) groups is 1. The van der Waals surface area contributed by atoms with Gasteiger partial charge in [0, 0.05) is 30.5 Å². The van der Waals surface area contributed by atoms with Gasteiger partial charge in [-0.2, -0.15) is 0 Å². The molecule has 0 saturated heterocycles. The van der Waals surface area contributed by atoms with Crippen LogP contribution in [0.25, 0.3) is 0 Å². The molecule has 1 heterocycles. The quantitative estimate of drug-likeness (QED) is 0.708. The number of halogens is 2. The smallest absolute Gasteiger partial charge is 0.226 e. The molecule has 0 spiro atoms. The van der Waals surface area contributed by atoms with Crippen LogP contribution in [0.2, 0.25) is 0 Å². The van der Waals surface area contributed by atoms with Crippen LogP contribution in [0.15, 0.2) is 47.6 Å². The molecule has 0 radical (unpaired) electrons. The fourth-order valence-electron chi connectivity index (χ4n) is 3.40. The predicted molar refractivity (Wildman–Crippen MR) is 104 cm³/mol. The third-order valence-electron chi connectivity index (χ3n) is 5.19. The van der Waals surface area contributed by atoms with Crippen molar-refractivity contribution in [2.45, 2.75) is 31.9 Å². The van der Waals surface area contributed by atoms with Crippen LogP contribution in [0, 0.1) is 17.6 Å². The average molecular weight is 400 g/mol. The van der Waals surface area contributed by atoms with Crippen LogP contribution in [-0.2, 0) is 16.2 Å². The monoisotopic (exact) mass is 400 g/mol. The van der Waals surface area contributed by atoms with Gasteiger partial charge in [0.05, 0.1) is 19.4 Å². The summed E-state index contributed by atoms with van der Waals surface area (Å²) in [5.41, 5.74) is 2.01. The lowest BCUT2D eigenvalue weighted by molar-refractivity contribution is -0.135. The Balaban J connectivity index is 1.43. The molecule has 1 aliphatic carbocycles. The number of benzene rings is 2. The molecule has 2 aromatic carbocycles. The molecule has 0 N–H and O–H groups in total. The SMILES string of the molecule is COc1ccc(C2=NO[C@H](CN(Cc3ccc(F)cc3F)C(=O)C3CC3)C2)cc1. The van der Waals surface area contributed by atoms with Gasteiger partial charge in [0.15, 0.2) is 6.10 Å². The molecular weight excluding hydrogens is 378 g/mol. The Labute approximate surface area is 167 Å². The Bertz CT molecular complexity index is 926. The van der Waals surface area contributed by atoms with Crippen molar-refractivity contribution in [1.82, 2.24) is 4.90 Å². The second-order valence-electron chi connectivity index (χ2n) is 7.43. The Hall–Kier alpha value is -2.96. The highest BCUT2D eigenvalue weighted by molar-refractivity contribution is 6.01. The highest BCUT2D eigenvalue weighted by atomic mass is 19.1. The van der Waals surface area contributed by atoms with Crippen LogP contribution in [-0.4, -0.2) is 36.3 Å². The number of rotatable bonds is 7. The van der Waals surface area contributed by atoms with E-state index in [9.17, 15) is 13.6 Å². The zero-order valence-electron chi connectivity index (χ0n) is 16.1. The van der Waals surface area contributed by atoms with Gasteiger partial charge >= 0.3 is 0 Å². The maximum Gasteiger partial charge on any atom is 0.226 e. The minimum absolute atomic E-state index is 0.0121. The lowest BCUT2D eigenvalue weighted by Crippen LogP contribution is -2.38. The maximum atomic E-state index is 14.1. The van der Waals surface area contributed by atoms with E-state index in [0.29, 0.717) is 13.0 Å². The van der Waals surface area contributed by atoms with Gasteiger partial charge in [-0.1, -0.05) is 11.2 Å². The van der Waals surface area contributed by atoms with Crippen molar-refractivity contribution in [2.75, 3.05) is 13.7 Å². The molecule has 7 heteroatoms. The Morgan fingerprint density at radius 1 is 1.21 bits per heavy atom. The van der Waals surface area contributed by atoms with E-state index in [1.165, 1.54) is 12.1 Å². The summed E-state index contributed by atoms with van der Waals surface area (Å²) in [6, 6.07) is 10.9. The van der Waals surface area contributed by atoms with Gasteiger partial charge in [0.25, 0.3) is 0 Å². The average Bonchev–Trinajstić information content (AvgIpc) is 3.47. The molecule has 0 bridgehead atoms. The summed E-state index contributed by atoms with van der Waals surface area (Å²) in [5, 5.41) is 4.17. The molecule has 0 unspecified atom stereocenters. The Morgan fingerprint density at radius 2 is 1.97 bits per heavy atom. The van der Waals surface area contributed by atoms with E-state index in [2.05, 4.69) is 5.16 Å². The number of carbonyl (C=O) groups excluding carboxylic acids is 1. The van der Waals surface area contributed by atoms with Crippen LogP contribution in [0.3, 0.4) is 0 Å². The third-order valence-corrected chi connectivity index (χ3v) is 5.19. The first kappa shape index (κ1) is 19.4. The van der Waals surface area contributed by atoms with Gasteiger partial charge in [-0.05, 0) is 48.7 Å². The van der Waals surface area contributed by atoms with Gasteiger partial charge < -0.3 is 14.5 Å². The van der Waals surface area contributed by atoms with Gasteiger partial charge in [0.2, 0.25) is 5.91 Å². The van der Waals surface area contributed by atoms with Crippen molar-refractivity contribution in [3.8, 4) is 5.75 Å². The second kappa shape index (κ2) is 8.19. The van der Waals surface area contributed by atoms with E-state index in [4.69, 9.17) is 9.57 Å². The van der Waals surface area contributed by atoms with Crippen molar-refractivity contribution in [3.05, 3.63) is 65.2 Å². The first-order valence-electron chi connectivity index (χ1n) is 9.63. The maximum absolute atomic E-state index is 14.1. The topological polar surface area (TPSA) is 51.1 Å². The van der Waals surface area contributed by atoms with Crippen molar-refractivity contribution in [1.29, 1.82) is 0 Å².